The first-order chi connectivity index (χ1) is 5.77. The molecule has 0 aliphatic carbocycles. The lowest BCUT2D eigenvalue weighted by molar-refractivity contribution is -0.120. The van der Waals surface area contributed by atoms with Gasteiger partial charge in [-0.25, -0.2) is 0 Å². The Morgan fingerprint density at radius 1 is 1.58 bits per heavy atom. The van der Waals surface area contributed by atoms with Gasteiger partial charge < -0.3 is 5.32 Å². The number of amides is 1. The molecule has 1 aliphatic rings. The van der Waals surface area contributed by atoms with Crippen LogP contribution in [0.3, 0.4) is 0 Å². The maximum Gasteiger partial charge on any atom is 0.228 e. The Balaban J connectivity index is 2.24. The summed E-state index contributed by atoms with van der Waals surface area (Å²) in [4.78, 5) is 12.4. The molecule has 1 atom stereocenters. The van der Waals surface area contributed by atoms with Gasteiger partial charge in [-0.3, -0.25) is 4.79 Å². The Hall–Kier alpha value is -0.350. The maximum atomic E-state index is 11.3. The molecule has 1 unspecified atom stereocenters. The number of hydrogen-bond acceptors (Lipinski definition) is 2. The molecule has 64 valence electrons. The summed E-state index contributed by atoms with van der Waals surface area (Å²) in [6.07, 6.45) is 0.936. The van der Waals surface area contributed by atoms with Crippen molar-refractivity contribution in [3.63, 3.8) is 0 Å². The van der Waals surface area contributed by atoms with Gasteiger partial charge in [-0.05, 0) is 34.5 Å². The summed E-state index contributed by atoms with van der Waals surface area (Å²) >= 11 is 5.03. The Labute approximate surface area is 83.1 Å². The highest BCUT2D eigenvalue weighted by Gasteiger charge is 2.26. The van der Waals surface area contributed by atoms with Crippen molar-refractivity contribution in [1.29, 1.82) is 0 Å². The van der Waals surface area contributed by atoms with Crippen molar-refractivity contribution >= 4 is 33.2 Å². The average molecular weight is 246 g/mol. The molecule has 0 saturated carbocycles. The van der Waals surface area contributed by atoms with Gasteiger partial charge >= 0.3 is 0 Å². The van der Waals surface area contributed by atoms with E-state index in [2.05, 4.69) is 21.2 Å². The van der Waals surface area contributed by atoms with Gasteiger partial charge in [-0.2, -0.15) is 0 Å². The molecule has 1 fully saturated rings. The van der Waals surface area contributed by atoms with E-state index in [0.29, 0.717) is 0 Å². The van der Waals surface area contributed by atoms with Gasteiger partial charge in [0, 0.05) is 11.4 Å². The predicted molar refractivity (Wildman–Crippen MR) is 52.4 cm³/mol. The SMILES string of the molecule is O=C1NCCC1c1ccc(Br)s1. The molecule has 2 heterocycles. The monoisotopic (exact) mass is 245 g/mol. The van der Waals surface area contributed by atoms with E-state index < -0.39 is 0 Å². The topological polar surface area (TPSA) is 29.1 Å². The van der Waals surface area contributed by atoms with Gasteiger partial charge in [0.25, 0.3) is 0 Å². The highest BCUT2D eigenvalue weighted by atomic mass is 79.9. The van der Waals surface area contributed by atoms with Crippen LogP contribution in [0.2, 0.25) is 0 Å². The van der Waals surface area contributed by atoms with E-state index in [9.17, 15) is 4.79 Å². The summed E-state index contributed by atoms with van der Waals surface area (Å²) in [6.45, 7) is 0.818. The molecular weight excluding hydrogens is 238 g/mol. The first kappa shape index (κ1) is 8.26. The summed E-state index contributed by atoms with van der Waals surface area (Å²) in [6, 6.07) is 4.01. The minimum Gasteiger partial charge on any atom is -0.356 e. The maximum absolute atomic E-state index is 11.3. The normalized spacial score (nSPS) is 22.8. The van der Waals surface area contributed by atoms with Crippen LogP contribution in [-0.2, 0) is 4.79 Å². The Morgan fingerprint density at radius 2 is 2.42 bits per heavy atom. The first-order valence-electron chi connectivity index (χ1n) is 3.80. The Morgan fingerprint density at radius 3 is 2.92 bits per heavy atom. The van der Waals surface area contributed by atoms with Gasteiger partial charge in [0.05, 0.1) is 9.70 Å². The summed E-state index contributed by atoms with van der Waals surface area (Å²) in [7, 11) is 0. The van der Waals surface area contributed by atoms with E-state index in [1.54, 1.807) is 11.3 Å². The standard InChI is InChI=1S/C8H8BrNOS/c9-7-2-1-6(12-7)5-3-4-10-8(5)11/h1-2,5H,3-4H2,(H,10,11). The second-order valence-electron chi connectivity index (χ2n) is 2.77. The second kappa shape index (κ2) is 3.18. The minimum atomic E-state index is 0.0984. The second-order valence-corrected chi connectivity index (χ2v) is 5.27. The van der Waals surface area contributed by atoms with Crippen LogP contribution in [-0.4, -0.2) is 12.5 Å². The lowest BCUT2D eigenvalue weighted by Crippen LogP contribution is -2.17. The molecule has 1 amide bonds. The van der Waals surface area contributed by atoms with Gasteiger partial charge in [0.15, 0.2) is 0 Å². The molecule has 12 heavy (non-hydrogen) atoms. The molecule has 1 N–H and O–H groups in total. The fourth-order valence-corrected chi connectivity index (χ4v) is 2.94. The zero-order valence-electron chi connectivity index (χ0n) is 6.34. The van der Waals surface area contributed by atoms with Gasteiger partial charge in [-0.15, -0.1) is 11.3 Å². The minimum absolute atomic E-state index is 0.0984. The van der Waals surface area contributed by atoms with Crippen molar-refractivity contribution < 1.29 is 4.79 Å². The van der Waals surface area contributed by atoms with Crippen LogP contribution in [0.25, 0.3) is 0 Å². The zero-order chi connectivity index (χ0) is 8.55. The number of carbonyl (C=O) groups excluding carboxylic acids is 1. The lowest BCUT2D eigenvalue weighted by atomic mass is 10.1. The van der Waals surface area contributed by atoms with Crippen LogP contribution in [0.4, 0.5) is 0 Å². The third-order valence-corrected chi connectivity index (χ3v) is 3.72. The third-order valence-electron chi connectivity index (χ3n) is 1.99. The fourth-order valence-electron chi connectivity index (χ4n) is 1.38. The van der Waals surface area contributed by atoms with E-state index in [1.807, 2.05) is 12.1 Å². The average Bonchev–Trinajstić information content (AvgIpc) is 2.58. The van der Waals surface area contributed by atoms with Crippen LogP contribution < -0.4 is 5.32 Å². The zero-order valence-corrected chi connectivity index (χ0v) is 8.74. The molecule has 4 heteroatoms. The van der Waals surface area contributed by atoms with Crippen LogP contribution in [0, 0.1) is 0 Å². The highest BCUT2D eigenvalue weighted by molar-refractivity contribution is 9.11. The number of nitrogens with one attached hydrogen (secondary N) is 1. The summed E-state index contributed by atoms with van der Waals surface area (Å²) < 4.78 is 1.09. The van der Waals surface area contributed by atoms with E-state index in [-0.39, 0.29) is 11.8 Å². The molecule has 0 bridgehead atoms. The first-order valence-corrected chi connectivity index (χ1v) is 5.41. The largest absolute Gasteiger partial charge is 0.356 e. The van der Waals surface area contributed by atoms with E-state index in [4.69, 9.17) is 0 Å². The molecule has 1 aromatic rings. The predicted octanol–water partition coefficient (Wildman–Crippen LogP) is 2.11. The van der Waals surface area contributed by atoms with Crippen LogP contribution in [0.15, 0.2) is 15.9 Å². The van der Waals surface area contributed by atoms with Crippen LogP contribution >= 0.6 is 27.3 Å². The molecule has 2 nitrogen and oxygen atoms in total. The number of rotatable bonds is 1. The van der Waals surface area contributed by atoms with E-state index in [0.717, 1.165) is 21.6 Å². The van der Waals surface area contributed by atoms with E-state index >= 15 is 0 Å². The molecule has 0 spiro atoms. The lowest BCUT2D eigenvalue weighted by Gasteiger charge is -2.00. The molecule has 1 saturated heterocycles. The van der Waals surface area contributed by atoms with Crippen molar-refractivity contribution in [2.75, 3.05) is 6.54 Å². The van der Waals surface area contributed by atoms with Crippen LogP contribution in [0.5, 0.6) is 0 Å². The summed E-state index contributed by atoms with van der Waals surface area (Å²) in [5.74, 6) is 0.269. The van der Waals surface area contributed by atoms with Gasteiger partial charge in [0.2, 0.25) is 5.91 Å². The molecule has 2 rings (SSSR count). The van der Waals surface area contributed by atoms with Crippen LogP contribution in [0.1, 0.15) is 17.2 Å². The molecular formula is C8H8BrNOS. The summed E-state index contributed by atoms with van der Waals surface area (Å²) in [5, 5.41) is 2.83. The smallest absolute Gasteiger partial charge is 0.228 e. The molecule has 1 aromatic heterocycles. The van der Waals surface area contributed by atoms with Crippen molar-refractivity contribution in [3.05, 3.63) is 20.8 Å². The molecule has 1 aliphatic heterocycles. The Kier molecular flexibility index (Phi) is 2.19. The van der Waals surface area contributed by atoms with Crippen molar-refractivity contribution in [3.8, 4) is 0 Å². The van der Waals surface area contributed by atoms with Crippen molar-refractivity contribution in [2.24, 2.45) is 0 Å². The number of carbonyl (C=O) groups is 1. The van der Waals surface area contributed by atoms with Gasteiger partial charge in [0.1, 0.15) is 0 Å². The molecule has 0 aromatic carbocycles. The number of hydrogen-bond donors (Lipinski definition) is 1. The highest BCUT2D eigenvalue weighted by Crippen LogP contribution is 2.32. The Bertz CT molecular complexity index is 310. The number of halogens is 1. The summed E-state index contributed by atoms with van der Waals surface area (Å²) in [5.41, 5.74) is 0. The van der Waals surface area contributed by atoms with E-state index in [1.165, 1.54) is 0 Å². The number of thiophene rings is 1. The third kappa shape index (κ3) is 1.41. The molecule has 0 radical (unpaired) electrons. The van der Waals surface area contributed by atoms with Crippen molar-refractivity contribution in [2.45, 2.75) is 12.3 Å². The van der Waals surface area contributed by atoms with Gasteiger partial charge in [-0.1, -0.05) is 0 Å². The van der Waals surface area contributed by atoms with Crippen molar-refractivity contribution in [1.82, 2.24) is 5.32 Å². The quantitative estimate of drug-likeness (QED) is 0.807. The fraction of sp³-hybridized carbons (Fsp3) is 0.375.